The highest BCUT2D eigenvalue weighted by Gasteiger charge is 2.21. The van der Waals surface area contributed by atoms with Crippen molar-refractivity contribution in [2.45, 2.75) is 19.9 Å². The standard InChI is InChI=1S/C17H16N4O3S2/c1-9-14(26-17(21-9)11-5-3-4-6-18-11)15(24)20-10(2)16-19-7-13(25-16)12(23)8-22/h3-7,10,22H,8H2,1-2H3,(H,20,24)/t10-/m1/s1. The van der Waals surface area contributed by atoms with Crippen molar-refractivity contribution < 1.29 is 14.7 Å². The molecule has 0 aliphatic heterocycles. The van der Waals surface area contributed by atoms with Crippen molar-refractivity contribution in [2.24, 2.45) is 0 Å². The van der Waals surface area contributed by atoms with Crippen LogP contribution in [0.3, 0.4) is 0 Å². The van der Waals surface area contributed by atoms with Gasteiger partial charge < -0.3 is 10.4 Å². The van der Waals surface area contributed by atoms with Crippen molar-refractivity contribution in [3.63, 3.8) is 0 Å². The van der Waals surface area contributed by atoms with Gasteiger partial charge in [-0.05, 0) is 26.0 Å². The molecule has 0 aromatic carbocycles. The number of rotatable bonds is 6. The van der Waals surface area contributed by atoms with Gasteiger partial charge in [0.2, 0.25) is 0 Å². The fourth-order valence-corrected chi connectivity index (χ4v) is 4.02. The number of carbonyl (C=O) groups excluding carboxylic acids is 2. The molecular formula is C17H16N4O3S2. The number of nitrogens with one attached hydrogen (secondary N) is 1. The van der Waals surface area contributed by atoms with Gasteiger partial charge in [0.05, 0.1) is 22.3 Å². The number of amides is 1. The van der Waals surface area contributed by atoms with E-state index in [0.29, 0.717) is 25.5 Å². The molecule has 134 valence electrons. The van der Waals surface area contributed by atoms with E-state index >= 15 is 0 Å². The summed E-state index contributed by atoms with van der Waals surface area (Å²) in [7, 11) is 0. The molecule has 0 radical (unpaired) electrons. The van der Waals surface area contributed by atoms with E-state index in [9.17, 15) is 9.59 Å². The minimum Gasteiger partial charge on any atom is -0.388 e. The first-order chi connectivity index (χ1) is 12.5. The first-order valence-electron chi connectivity index (χ1n) is 7.79. The Morgan fingerprint density at radius 1 is 1.27 bits per heavy atom. The average Bonchev–Trinajstić information content (AvgIpc) is 3.29. The molecular weight excluding hydrogens is 372 g/mol. The minimum atomic E-state index is -0.557. The summed E-state index contributed by atoms with van der Waals surface area (Å²) >= 11 is 2.44. The van der Waals surface area contributed by atoms with Crippen molar-refractivity contribution in [3.8, 4) is 10.7 Å². The number of aliphatic hydroxyl groups is 1. The molecule has 3 aromatic heterocycles. The summed E-state index contributed by atoms with van der Waals surface area (Å²) in [6.07, 6.45) is 3.10. The molecule has 0 aliphatic carbocycles. The van der Waals surface area contributed by atoms with Crippen molar-refractivity contribution in [2.75, 3.05) is 6.61 Å². The monoisotopic (exact) mass is 388 g/mol. The number of aliphatic hydroxyl groups excluding tert-OH is 1. The van der Waals surface area contributed by atoms with E-state index in [2.05, 4.69) is 20.3 Å². The molecule has 7 nitrogen and oxygen atoms in total. The molecule has 0 fully saturated rings. The van der Waals surface area contributed by atoms with Crippen LogP contribution in [0.25, 0.3) is 10.7 Å². The predicted molar refractivity (Wildman–Crippen MR) is 99.5 cm³/mol. The van der Waals surface area contributed by atoms with Gasteiger partial charge in [0.1, 0.15) is 21.5 Å². The second kappa shape index (κ2) is 7.81. The quantitative estimate of drug-likeness (QED) is 0.629. The number of ketones is 1. The SMILES string of the molecule is Cc1nc(-c2ccccn2)sc1C(=O)N[C@H](C)c1ncc(C(=O)CO)s1. The van der Waals surface area contributed by atoms with Crippen LogP contribution in [-0.4, -0.2) is 38.4 Å². The Morgan fingerprint density at radius 2 is 2.08 bits per heavy atom. The highest BCUT2D eigenvalue weighted by molar-refractivity contribution is 7.17. The largest absolute Gasteiger partial charge is 0.388 e. The summed E-state index contributed by atoms with van der Waals surface area (Å²) in [5, 5.41) is 13.1. The van der Waals surface area contributed by atoms with Crippen LogP contribution in [-0.2, 0) is 0 Å². The van der Waals surface area contributed by atoms with Gasteiger partial charge in [-0.3, -0.25) is 14.6 Å². The Labute approximate surface area is 157 Å². The number of aromatic nitrogens is 3. The maximum Gasteiger partial charge on any atom is 0.263 e. The summed E-state index contributed by atoms with van der Waals surface area (Å²) in [6, 6.07) is 5.17. The van der Waals surface area contributed by atoms with Crippen LogP contribution >= 0.6 is 22.7 Å². The van der Waals surface area contributed by atoms with E-state index in [1.54, 1.807) is 20.0 Å². The van der Waals surface area contributed by atoms with Gasteiger partial charge in [-0.15, -0.1) is 22.7 Å². The number of nitrogens with zero attached hydrogens (tertiary/aromatic N) is 3. The molecule has 0 aliphatic rings. The first-order valence-corrected chi connectivity index (χ1v) is 9.42. The second-order valence-corrected chi connectivity index (χ2v) is 7.55. The predicted octanol–water partition coefficient (Wildman–Crippen LogP) is 2.64. The Kier molecular flexibility index (Phi) is 5.50. The zero-order valence-corrected chi connectivity index (χ0v) is 15.7. The summed E-state index contributed by atoms with van der Waals surface area (Å²) < 4.78 is 0. The molecule has 0 bridgehead atoms. The molecule has 0 unspecified atom stereocenters. The van der Waals surface area contributed by atoms with E-state index in [1.165, 1.54) is 17.5 Å². The lowest BCUT2D eigenvalue weighted by Gasteiger charge is -2.10. The van der Waals surface area contributed by atoms with Crippen molar-refractivity contribution in [1.29, 1.82) is 0 Å². The molecule has 2 N–H and O–H groups in total. The molecule has 26 heavy (non-hydrogen) atoms. The van der Waals surface area contributed by atoms with Crippen molar-refractivity contribution in [3.05, 3.63) is 51.0 Å². The summed E-state index contributed by atoms with van der Waals surface area (Å²) in [5.74, 6) is -0.634. The highest BCUT2D eigenvalue weighted by atomic mass is 32.1. The van der Waals surface area contributed by atoms with Gasteiger partial charge in [-0.1, -0.05) is 6.07 Å². The maximum absolute atomic E-state index is 12.6. The zero-order chi connectivity index (χ0) is 18.7. The Balaban J connectivity index is 1.75. The topological polar surface area (TPSA) is 105 Å². The summed E-state index contributed by atoms with van der Waals surface area (Å²) in [4.78, 5) is 37.8. The molecule has 0 spiro atoms. The van der Waals surface area contributed by atoms with Crippen molar-refractivity contribution in [1.82, 2.24) is 20.3 Å². The number of thiazole rings is 2. The maximum atomic E-state index is 12.6. The van der Waals surface area contributed by atoms with Gasteiger partial charge in [0.25, 0.3) is 5.91 Å². The van der Waals surface area contributed by atoms with Crippen LogP contribution in [0, 0.1) is 6.92 Å². The van der Waals surface area contributed by atoms with E-state index in [-0.39, 0.29) is 17.7 Å². The molecule has 3 heterocycles. The molecule has 0 saturated carbocycles. The van der Waals surface area contributed by atoms with E-state index < -0.39 is 6.61 Å². The number of pyridine rings is 1. The average molecular weight is 388 g/mol. The smallest absolute Gasteiger partial charge is 0.263 e. The third kappa shape index (κ3) is 3.85. The fourth-order valence-electron chi connectivity index (χ4n) is 2.22. The number of Topliss-reactive ketones (excluding diaryl/α,β-unsaturated/α-hetero) is 1. The van der Waals surface area contributed by atoms with Gasteiger partial charge in [-0.2, -0.15) is 0 Å². The number of hydrogen-bond acceptors (Lipinski definition) is 8. The van der Waals surface area contributed by atoms with Crippen LogP contribution in [0.2, 0.25) is 0 Å². The number of carbonyl (C=O) groups is 2. The van der Waals surface area contributed by atoms with E-state index in [4.69, 9.17) is 5.11 Å². The van der Waals surface area contributed by atoms with Gasteiger partial charge >= 0.3 is 0 Å². The summed E-state index contributed by atoms with van der Waals surface area (Å²) in [6.45, 7) is 3.02. The second-order valence-electron chi connectivity index (χ2n) is 5.49. The van der Waals surface area contributed by atoms with Crippen LogP contribution < -0.4 is 5.32 Å². The lowest BCUT2D eigenvalue weighted by atomic mass is 10.3. The van der Waals surface area contributed by atoms with E-state index in [0.717, 1.165) is 17.0 Å². The lowest BCUT2D eigenvalue weighted by Crippen LogP contribution is -2.26. The van der Waals surface area contributed by atoms with Gasteiger partial charge in [0, 0.05) is 12.4 Å². The van der Waals surface area contributed by atoms with Crippen LogP contribution in [0.15, 0.2) is 30.6 Å². The number of hydrogen-bond donors (Lipinski definition) is 2. The molecule has 3 rings (SSSR count). The van der Waals surface area contributed by atoms with E-state index in [1.807, 2.05) is 18.2 Å². The van der Waals surface area contributed by atoms with Crippen LogP contribution in [0.5, 0.6) is 0 Å². The minimum absolute atomic E-state index is 0.250. The molecule has 0 saturated heterocycles. The first kappa shape index (κ1) is 18.3. The molecule has 1 amide bonds. The number of aryl methyl sites for hydroxylation is 1. The normalized spacial score (nSPS) is 12.0. The molecule has 3 aromatic rings. The lowest BCUT2D eigenvalue weighted by molar-refractivity contribution is 0.0906. The third-order valence-electron chi connectivity index (χ3n) is 3.55. The molecule has 9 heteroatoms. The Hall–Kier alpha value is -2.49. The Bertz CT molecular complexity index is 937. The highest BCUT2D eigenvalue weighted by Crippen LogP contribution is 2.27. The Morgan fingerprint density at radius 3 is 2.77 bits per heavy atom. The molecule has 1 atom stereocenters. The van der Waals surface area contributed by atoms with Gasteiger partial charge in [0.15, 0.2) is 5.78 Å². The van der Waals surface area contributed by atoms with Gasteiger partial charge in [-0.25, -0.2) is 9.97 Å². The van der Waals surface area contributed by atoms with Crippen molar-refractivity contribution >= 4 is 34.4 Å². The van der Waals surface area contributed by atoms with Crippen LogP contribution in [0.1, 0.15) is 43.0 Å². The zero-order valence-electron chi connectivity index (χ0n) is 14.1. The fraction of sp³-hybridized carbons (Fsp3) is 0.235. The third-order valence-corrected chi connectivity index (χ3v) is 5.95. The van der Waals surface area contributed by atoms with Crippen LogP contribution in [0.4, 0.5) is 0 Å². The summed E-state index contributed by atoms with van der Waals surface area (Å²) in [5.41, 5.74) is 1.36.